The summed E-state index contributed by atoms with van der Waals surface area (Å²) in [6, 6.07) is 3.96. The van der Waals surface area contributed by atoms with E-state index in [1.807, 2.05) is 12.1 Å². The van der Waals surface area contributed by atoms with Gasteiger partial charge in [-0.2, -0.15) is 0 Å². The number of hydrogen-bond donors (Lipinski definition) is 2. The van der Waals surface area contributed by atoms with E-state index in [0.29, 0.717) is 4.99 Å². The summed E-state index contributed by atoms with van der Waals surface area (Å²) in [5, 5.41) is 3.24. The van der Waals surface area contributed by atoms with Crippen molar-refractivity contribution in [1.82, 2.24) is 10.3 Å². The fraction of sp³-hybridized carbons (Fsp3) is 0.333. The third-order valence-electron chi connectivity index (χ3n) is 1.63. The Kier molecular flexibility index (Phi) is 4.35. The van der Waals surface area contributed by atoms with Crippen LogP contribution in [0.15, 0.2) is 24.5 Å². The van der Waals surface area contributed by atoms with Crippen LogP contribution in [0.1, 0.15) is 12.0 Å². The lowest BCUT2D eigenvalue weighted by atomic mass is 10.2. The van der Waals surface area contributed by atoms with Gasteiger partial charge in [0.2, 0.25) is 0 Å². The van der Waals surface area contributed by atoms with Gasteiger partial charge in [-0.3, -0.25) is 4.98 Å². The molecular weight excluding hydrogens is 182 g/mol. The van der Waals surface area contributed by atoms with Gasteiger partial charge in [-0.1, -0.05) is 12.2 Å². The Morgan fingerprint density at radius 3 is 2.77 bits per heavy atom. The Hall–Kier alpha value is -1.00. The molecule has 3 N–H and O–H groups in total. The highest BCUT2D eigenvalue weighted by Gasteiger charge is 1.91. The second-order valence-electron chi connectivity index (χ2n) is 2.75. The zero-order chi connectivity index (χ0) is 9.52. The van der Waals surface area contributed by atoms with Crippen molar-refractivity contribution in [2.24, 2.45) is 5.73 Å². The van der Waals surface area contributed by atoms with Crippen molar-refractivity contribution in [1.29, 1.82) is 0 Å². The maximum Gasteiger partial charge on any atom is 0.0740 e. The van der Waals surface area contributed by atoms with E-state index in [4.69, 9.17) is 18.0 Å². The lowest BCUT2D eigenvalue weighted by Crippen LogP contribution is -2.20. The average molecular weight is 195 g/mol. The predicted octanol–water partition coefficient (Wildman–Crippen LogP) is 0.847. The molecule has 0 saturated carbocycles. The Bertz CT molecular complexity index is 261. The van der Waals surface area contributed by atoms with E-state index in [-0.39, 0.29) is 0 Å². The fourth-order valence-corrected chi connectivity index (χ4v) is 1.05. The zero-order valence-corrected chi connectivity index (χ0v) is 8.18. The fourth-order valence-electron chi connectivity index (χ4n) is 0.945. The SMILES string of the molecule is NC(=S)CCNCc1ccncc1. The zero-order valence-electron chi connectivity index (χ0n) is 7.36. The molecule has 1 aromatic rings. The molecule has 0 spiro atoms. The number of nitrogens with two attached hydrogens (primary N) is 1. The summed E-state index contributed by atoms with van der Waals surface area (Å²) in [5.41, 5.74) is 6.57. The Labute approximate surface area is 83.4 Å². The molecule has 1 rings (SSSR count). The monoisotopic (exact) mass is 195 g/mol. The second-order valence-corrected chi connectivity index (χ2v) is 3.27. The number of thiocarbonyl (C=S) groups is 1. The molecule has 0 bridgehead atoms. The number of hydrogen-bond acceptors (Lipinski definition) is 3. The molecule has 0 saturated heterocycles. The van der Waals surface area contributed by atoms with Gasteiger partial charge < -0.3 is 11.1 Å². The van der Waals surface area contributed by atoms with Crippen LogP contribution in [-0.2, 0) is 6.54 Å². The quantitative estimate of drug-likeness (QED) is 0.540. The van der Waals surface area contributed by atoms with E-state index in [2.05, 4.69) is 10.3 Å². The third-order valence-corrected chi connectivity index (χ3v) is 1.83. The lowest BCUT2D eigenvalue weighted by molar-refractivity contribution is 0.705. The van der Waals surface area contributed by atoms with E-state index in [1.54, 1.807) is 12.4 Å². The minimum absolute atomic E-state index is 0.558. The van der Waals surface area contributed by atoms with Crippen molar-refractivity contribution in [2.75, 3.05) is 6.54 Å². The van der Waals surface area contributed by atoms with Crippen LogP contribution in [0.4, 0.5) is 0 Å². The van der Waals surface area contributed by atoms with E-state index in [9.17, 15) is 0 Å². The largest absolute Gasteiger partial charge is 0.393 e. The summed E-state index contributed by atoms with van der Waals surface area (Å²) in [6.45, 7) is 1.67. The number of rotatable bonds is 5. The highest BCUT2D eigenvalue weighted by atomic mass is 32.1. The minimum atomic E-state index is 0.558. The topological polar surface area (TPSA) is 50.9 Å². The van der Waals surface area contributed by atoms with Crippen LogP contribution in [0, 0.1) is 0 Å². The van der Waals surface area contributed by atoms with Crippen LogP contribution < -0.4 is 11.1 Å². The van der Waals surface area contributed by atoms with Gasteiger partial charge in [-0.15, -0.1) is 0 Å². The van der Waals surface area contributed by atoms with Crippen molar-refractivity contribution in [3.63, 3.8) is 0 Å². The molecular formula is C9H13N3S. The maximum atomic E-state index is 5.35. The Balaban J connectivity index is 2.17. The van der Waals surface area contributed by atoms with Crippen molar-refractivity contribution >= 4 is 17.2 Å². The summed E-state index contributed by atoms with van der Waals surface area (Å²) < 4.78 is 0. The van der Waals surface area contributed by atoms with Crippen LogP contribution in [0.2, 0.25) is 0 Å². The molecule has 70 valence electrons. The van der Waals surface area contributed by atoms with Gasteiger partial charge in [0.05, 0.1) is 4.99 Å². The van der Waals surface area contributed by atoms with Crippen molar-refractivity contribution in [3.8, 4) is 0 Å². The molecule has 0 aliphatic carbocycles. The summed E-state index contributed by atoms with van der Waals surface area (Å²) >= 11 is 4.75. The number of nitrogens with zero attached hydrogens (tertiary/aromatic N) is 1. The molecule has 0 amide bonds. The predicted molar refractivity (Wildman–Crippen MR) is 57.3 cm³/mol. The first kappa shape index (κ1) is 10.1. The Morgan fingerprint density at radius 2 is 2.15 bits per heavy atom. The first-order valence-corrected chi connectivity index (χ1v) is 4.58. The number of aromatic nitrogens is 1. The van der Waals surface area contributed by atoms with Gasteiger partial charge in [0.15, 0.2) is 0 Å². The first-order valence-electron chi connectivity index (χ1n) is 4.17. The molecule has 4 heteroatoms. The summed E-state index contributed by atoms with van der Waals surface area (Å²) in [5.74, 6) is 0. The molecule has 1 aromatic heterocycles. The van der Waals surface area contributed by atoms with Crippen LogP contribution in [0.5, 0.6) is 0 Å². The molecule has 1 heterocycles. The van der Waals surface area contributed by atoms with Gasteiger partial charge in [-0.25, -0.2) is 0 Å². The molecule has 0 unspecified atom stereocenters. The number of nitrogens with one attached hydrogen (secondary N) is 1. The van der Waals surface area contributed by atoms with Crippen LogP contribution >= 0.6 is 12.2 Å². The lowest BCUT2D eigenvalue weighted by Gasteiger charge is -2.02. The highest BCUT2D eigenvalue weighted by molar-refractivity contribution is 7.80. The van der Waals surface area contributed by atoms with Gasteiger partial charge >= 0.3 is 0 Å². The highest BCUT2D eigenvalue weighted by Crippen LogP contribution is 1.94. The summed E-state index contributed by atoms with van der Waals surface area (Å²) in [6.07, 6.45) is 4.32. The first-order chi connectivity index (χ1) is 6.29. The number of pyridine rings is 1. The second kappa shape index (κ2) is 5.61. The van der Waals surface area contributed by atoms with Crippen molar-refractivity contribution < 1.29 is 0 Å². The molecule has 0 aliphatic heterocycles. The third kappa shape index (κ3) is 4.55. The molecule has 0 atom stereocenters. The van der Waals surface area contributed by atoms with Crippen molar-refractivity contribution in [2.45, 2.75) is 13.0 Å². The van der Waals surface area contributed by atoms with Crippen LogP contribution in [0.25, 0.3) is 0 Å². The van der Waals surface area contributed by atoms with Gasteiger partial charge in [-0.05, 0) is 17.7 Å². The summed E-state index contributed by atoms with van der Waals surface area (Å²) in [4.78, 5) is 4.49. The van der Waals surface area contributed by atoms with E-state index >= 15 is 0 Å². The molecule has 0 aromatic carbocycles. The molecule has 13 heavy (non-hydrogen) atoms. The van der Waals surface area contributed by atoms with E-state index in [0.717, 1.165) is 19.5 Å². The van der Waals surface area contributed by atoms with E-state index < -0.39 is 0 Å². The van der Waals surface area contributed by atoms with E-state index in [1.165, 1.54) is 5.56 Å². The van der Waals surface area contributed by atoms with Crippen molar-refractivity contribution in [3.05, 3.63) is 30.1 Å². The average Bonchev–Trinajstić information content (AvgIpc) is 2.14. The van der Waals surface area contributed by atoms with Gasteiger partial charge in [0, 0.05) is 31.9 Å². The normalized spacial score (nSPS) is 9.85. The maximum absolute atomic E-state index is 5.35. The van der Waals surface area contributed by atoms with Crippen LogP contribution in [-0.4, -0.2) is 16.5 Å². The minimum Gasteiger partial charge on any atom is -0.393 e. The molecule has 0 aliphatic rings. The molecule has 0 radical (unpaired) electrons. The summed E-state index contributed by atoms with van der Waals surface area (Å²) in [7, 11) is 0. The molecule has 0 fully saturated rings. The standard InChI is InChI=1S/C9H13N3S/c10-9(13)3-6-12-7-8-1-4-11-5-2-8/h1-2,4-5,12H,3,6-7H2,(H2,10,13). The smallest absolute Gasteiger partial charge is 0.0740 e. The Morgan fingerprint density at radius 1 is 1.46 bits per heavy atom. The van der Waals surface area contributed by atoms with Gasteiger partial charge in [0.1, 0.15) is 0 Å². The van der Waals surface area contributed by atoms with Gasteiger partial charge in [0.25, 0.3) is 0 Å². The van der Waals surface area contributed by atoms with Crippen LogP contribution in [0.3, 0.4) is 0 Å². The molecule has 3 nitrogen and oxygen atoms in total.